The smallest absolute Gasteiger partial charge is 0.243 e. The minimum absolute atomic E-state index is 0.109. The van der Waals surface area contributed by atoms with E-state index in [0.29, 0.717) is 12.3 Å². The molecule has 0 saturated carbocycles. The summed E-state index contributed by atoms with van der Waals surface area (Å²) in [5, 5.41) is 2.85. The molecule has 1 atom stereocenters. The zero-order valence-corrected chi connectivity index (χ0v) is 21.6. The van der Waals surface area contributed by atoms with Crippen molar-refractivity contribution in [1.82, 2.24) is 14.5 Å². The van der Waals surface area contributed by atoms with E-state index >= 15 is 0 Å². The highest BCUT2D eigenvalue weighted by Gasteiger charge is 2.30. The normalized spacial score (nSPS) is 12.5. The monoisotopic (exact) mass is 489 g/mol. The lowest BCUT2D eigenvalue weighted by Crippen LogP contribution is -2.51. The van der Waals surface area contributed by atoms with Crippen LogP contribution >= 0.6 is 0 Å². The Hall–Kier alpha value is -2.91. The van der Waals surface area contributed by atoms with E-state index in [2.05, 4.69) is 5.32 Å². The number of sulfonamides is 1. The van der Waals surface area contributed by atoms with Crippen LogP contribution in [0, 0.1) is 12.8 Å². The lowest BCUT2D eigenvalue weighted by Gasteiger charge is -2.30. The summed E-state index contributed by atoms with van der Waals surface area (Å²) >= 11 is 0. The van der Waals surface area contributed by atoms with Crippen LogP contribution in [0.5, 0.6) is 5.75 Å². The Morgan fingerprint density at radius 2 is 1.59 bits per heavy atom. The first-order chi connectivity index (χ1) is 15.9. The molecule has 34 heavy (non-hydrogen) atoms. The maximum Gasteiger partial charge on any atom is 0.243 e. The summed E-state index contributed by atoms with van der Waals surface area (Å²) in [4.78, 5) is 27.6. The fourth-order valence-electron chi connectivity index (χ4n) is 3.22. The second kappa shape index (κ2) is 12.0. The second-order valence-electron chi connectivity index (χ2n) is 8.76. The molecule has 0 spiro atoms. The van der Waals surface area contributed by atoms with Crippen molar-refractivity contribution >= 4 is 21.8 Å². The van der Waals surface area contributed by atoms with Gasteiger partial charge in [0.25, 0.3) is 0 Å². The van der Waals surface area contributed by atoms with Crippen LogP contribution in [0.2, 0.25) is 0 Å². The van der Waals surface area contributed by atoms with Crippen LogP contribution in [-0.2, 0) is 26.2 Å². The van der Waals surface area contributed by atoms with Crippen molar-refractivity contribution in [3.63, 3.8) is 0 Å². The molecular weight excluding hydrogens is 454 g/mol. The molecule has 0 unspecified atom stereocenters. The molecule has 0 aliphatic heterocycles. The third kappa shape index (κ3) is 7.30. The van der Waals surface area contributed by atoms with E-state index in [1.807, 2.05) is 32.9 Å². The zero-order valence-electron chi connectivity index (χ0n) is 20.7. The number of nitrogens with one attached hydrogen (secondary N) is 1. The Bertz CT molecular complexity index is 1070. The van der Waals surface area contributed by atoms with Crippen LogP contribution in [0.1, 0.15) is 31.9 Å². The topological polar surface area (TPSA) is 96.0 Å². The molecule has 0 bridgehead atoms. The van der Waals surface area contributed by atoms with E-state index in [1.165, 1.54) is 24.1 Å². The Kier molecular flexibility index (Phi) is 9.64. The average Bonchev–Trinajstić information content (AvgIpc) is 2.81. The Labute approximate surface area is 202 Å². The molecule has 0 aromatic heterocycles. The Balaban J connectivity index is 2.25. The van der Waals surface area contributed by atoms with Crippen LogP contribution in [0.15, 0.2) is 53.4 Å². The molecule has 8 nitrogen and oxygen atoms in total. The number of rotatable bonds is 11. The first kappa shape index (κ1) is 27.3. The molecule has 0 fully saturated rings. The molecule has 1 N–H and O–H groups in total. The van der Waals surface area contributed by atoms with E-state index in [9.17, 15) is 18.0 Å². The summed E-state index contributed by atoms with van der Waals surface area (Å²) < 4.78 is 32.1. The molecular formula is C25H35N3O5S. The second-order valence-corrected chi connectivity index (χ2v) is 10.8. The number of aryl methyl sites for hydroxylation is 1. The largest absolute Gasteiger partial charge is 0.497 e. The SMILES string of the molecule is COc1ccc(CN(C(=O)CN(C)S(=O)(=O)c2ccc(C)cc2)[C@H](C)C(=O)NCC(C)C)cc1. The van der Waals surface area contributed by atoms with Crippen LogP contribution in [0.4, 0.5) is 0 Å². The highest BCUT2D eigenvalue weighted by atomic mass is 32.2. The van der Waals surface area contributed by atoms with Gasteiger partial charge in [-0.25, -0.2) is 8.42 Å². The molecule has 2 aromatic carbocycles. The summed E-state index contributed by atoms with van der Waals surface area (Å²) in [5.41, 5.74) is 1.73. The number of carbonyl (C=O) groups excluding carboxylic acids is 2. The molecule has 0 radical (unpaired) electrons. The number of nitrogens with zero attached hydrogens (tertiary/aromatic N) is 2. The number of likely N-dealkylation sites (N-methyl/N-ethyl adjacent to an activating group) is 1. The van der Waals surface area contributed by atoms with Gasteiger partial charge in [0.1, 0.15) is 11.8 Å². The first-order valence-corrected chi connectivity index (χ1v) is 12.6. The van der Waals surface area contributed by atoms with E-state index in [4.69, 9.17) is 4.74 Å². The number of hydrogen-bond donors (Lipinski definition) is 1. The molecule has 2 amide bonds. The fraction of sp³-hybridized carbons (Fsp3) is 0.440. The first-order valence-electron chi connectivity index (χ1n) is 11.2. The van der Waals surface area contributed by atoms with Crippen LogP contribution < -0.4 is 10.1 Å². The van der Waals surface area contributed by atoms with E-state index in [-0.39, 0.29) is 23.3 Å². The van der Waals surface area contributed by atoms with Crippen molar-refractivity contribution < 1.29 is 22.7 Å². The lowest BCUT2D eigenvalue weighted by molar-refractivity contribution is -0.140. The summed E-state index contributed by atoms with van der Waals surface area (Å²) in [6.07, 6.45) is 0. The Morgan fingerprint density at radius 1 is 1.00 bits per heavy atom. The summed E-state index contributed by atoms with van der Waals surface area (Å²) in [5.74, 6) is 0.168. The third-order valence-electron chi connectivity index (χ3n) is 5.45. The maximum atomic E-state index is 13.3. The summed E-state index contributed by atoms with van der Waals surface area (Å²) in [6.45, 7) is 7.71. The summed E-state index contributed by atoms with van der Waals surface area (Å²) in [6, 6.07) is 12.8. The van der Waals surface area contributed by atoms with Crippen molar-refractivity contribution in [1.29, 1.82) is 0 Å². The van der Waals surface area contributed by atoms with Crippen molar-refractivity contribution in [3.05, 3.63) is 59.7 Å². The van der Waals surface area contributed by atoms with Crippen molar-refractivity contribution in [2.75, 3.05) is 27.2 Å². The fourth-order valence-corrected chi connectivity index (χ4v) is 4.34. The molecule has 0 heterocycles. The molecule has 0 saturated heterocycles. The van der Waals surface area contributed by atoms with Crippen LogP contribution in [0.25, 0.3) is 0 Å². The van der Waals surface area contributed by atoms with Gasteiger partial charge in [-0.1, -0.05) is 43.7 Å². The minimum Gasteiger partial charge on any atom is -0.497 e. The number of methoxy groups -OCH3 is 1. The number of carbonyl (C=O) groups is 2. The maximum absolute atomic E-state index is 13.3. The van der Waals surface area contributed by atoms with Gasteiger partial charge in [-0.15, -0.1) is 0 Å². The van der Waals surface area contributed by atoms with E-state index in [0.717, 1.165) is 15.4 Å². The van der Waals surface area contributed by atoms with Gasteiger partial charge in [-0.05, 0) is 49.6 Å². The van der Waals surface area contributed by atoms with Gasteiger partial charge in [-0.3, -0.25) is 9.59 Å². The molecule has 2 aromatic rings. The standard InChI is InChI=1S/C25H35N3O5S/c1-18(2)15-26-25(30)20(4)28(16-21-9-11-22(33-6)12-10-21)24(29)17-27(5)34(31,32)23-13-7-19(3)8-14-23/h7-14,18,20H,15-17H2,1-6H3,(H,26,30)/t20-/m1/s1. The van der Waals surface area contributed by atoms with Crippen molar-refractivity contribution in [2.24, 2.45) is 5.92 Å². The zero-order chi connectivity index (χ0) is 25.5. The van der Waals surface area contributed by atoms with Gasteiger partial charge in [0.15, 0.2) is 0 Å². The molecule has 186 valence electrons. The number of ether oxygens (including phenoxy) is 1. The Morgan fingerprint density at radius 3 is 2.12 bits per heavy atom. The van der Waals surface area contributed by atoms with Crippen LogP contribution in [0.3, 0.4) is 0 Å². The van der Waals surface area contributed by atoms with Gasteiger partial charge < -0.3 is 15.0 Å². The van der Waals surface area contributed by atoms with Crippen molar-refractivity contribution in [2.45, 2.75) is 45.2 Å². The highest BCUT2D eigenvalue weighted by molar-refractivity contribution is 7.89. The molecule has 0 aliphatic rings. The molecule has 0 aliphatic carbocycles. The van der Waals surface area contributed by atoms with E-state index < -0.39 is 28.5 Å². The van der Waals surface area contributed by atoms with Gasteiger partial charge in [0, 0.05) is 20.1 Å². The number of hydrogen-bond acceptors (Lipinski definition) is 5. The minimum atomic E-state index is -3.86. The van der Waals surface area contributed by atoms with Crippen molar-refractivity contribution in [3.8, 4) is 5.75 Å². The molecule has 2 rings (SSSR count). The van der Waals surface area contributed by atoms with E-state index in [1.54, 1.807) is 38.3 Å². The third-order valence-corrected chi connectivity index (χ3v) is 7.27. The number of amides is 2. The quantitative estimate of drug-likeness (QED) is 0.524. The van der Waals surface area contributed by atoms with Gasteiger partial charge in [0.05, 0.1) is 18.6 Å². The predicted molar refractivity (Wildman–Crippen MR) is 132 cm³/mol. The average molecular weight is 490 g/mol. The van der Waals surface area contributed by atoms with Crippen LogP contribution in [-0.4, -0.2) is 62.7 Å². The van der Waals surface area contributed by atoms with Gasteiger partial charge >= 0.3 is 0 Å². The lowest BCUT2D eigenvalue weighted by atomic mass is 10.1. The summed E-state index contributed by atoms with van der Waals surface area (Å²) in [7, 11) is -0.936. The predicted octanol–water partition coefficient (Wildman–Crippen LogP) is 2.81. The number of benzene rings is 2. The highest BCUT2D eigenvalue weighted by Crippen LogP contribution is 2.18. The van der Waals surface area contributed by atoms with Gasteiger partial charge in [0.2, 0.25) is 21.8 Å². The molecule has 9 heteroatoms. The van der Waals surface area contributed by atoms with Gasteiger partial charge in [-0.2, -0.15) is 4.31 Å².